The van der Waals surface area contributed by atoms with Crippen LogP contribution in [0.2, 0.25) is 0 Å². The van der Waals surface area contributed by atoms with Crippen LogP contribution in [-0.2, 0) is 19.2 Å². The minimum atomic E-state index is -1.17. The second-order valence-electron chi connectivity index (χ2n) is 8.92. The van der Waals surface area contributed by atoms with Crippen molar-refractivity contribution in [2.75, 3.05) is 6.54 Å². The minimum absolute atomic E-state index is 0.0304. The monoisotopic (exact) mass is 400 g/mol. The van der Waals surface area contributed by atoms with Crippen LogP contribution in [0.4, 0.5) is 0 Å². The standard InChI is InChI=1S/C20H36N2O6/c1-6-11-21-15(23)8-7-14(18(27)28)22-16(24)12-19(2,3)9-10-20(4,5)13-17(25)26/h14H,6-13H2,1-5H3,(H,21,23)(H,22,24)(H,25,26)(H,27,28). The highest BCUT2D eigenvalue weighted by atomic mass is 16.4. The van der Waals surface area contributed by atoms with Gasteiger partial charge in [-0.1, -0.05) is 34.6 Å². The van der Waals surface area contributed by atoms with Crippen LogP contribution in [-0.4, -0.2) is 46.6 Å². The Morgan fingerprint density at radius 3 is 1.89 bits per heavy atom. The maximum absolute atomic E-state index is 12.3. The van der Waals surface area contributed by atoms with Gasteiger partial charge in [0.15, 0.2) is 0 Å². The highest BCUT2D eigenvalue weighted by molar-refractivity contribution is 5.84. The van der Waals surface area contributed by atoms with Crippen LogP contribution in [0.15, 0.2) is 0 Å². The van der Waals surface area contributed by atoms with Gasteiger partial charge in [0.05, 0.1) is 6.42 Å². The van der Waals surface area contributed by atoms with Gasteiger partial charge in [-0.05, 0) is 36.5 Å². The molecule has 0 spiro atoms. The van der Waals surface area contributed by atoms with Crippen molar-refractivity contribution in [3.05, 3.63) is 0 Å². The Labute approximate surface area is 167 Å². The van der Waals surface area contributed by atoms with Crippen LogP contribution in [0.1, 0.15) is 79.6 Å². The summed E-state index contributed by atoms with van der Waals surface area (Å²) in [6.45, 7) is 10.0. The van der Waals surface area contributed by atoms with Gasteiger partial charge in [0.2, 0.25) is 11.8 Å². The lowest BCUT2D eigenvalue weighted by molar-refractivity contribution is -0.142. The van der Waals surface area contributed by atoms with Crippen molar-refractivity contribution in [3.63, 3.8) is 0 Å². The van der Waals surface area contributed by atoms with Gasteiger partial charge in [-0.15, -0.1) is 0 Å². The van der Waals surface area contributed by atoms with E-state index in [0.717, 1.165) is 6.42 Å². The third-order valence-corrected chi connectivity index (χ3v) is 4.61. The van der Waals surface area contributed by atoms with Crippen molar-refractivity contribution in [1.82, 2.24) is 10.6 Å². The predicted molar refractivity (Wildman–Crippen MR) is 106 cm³/mol. The molecule has 1 atom stereocenters. The molecule has 0 aliphatic heterocycles. The average molecular weight is 401 g/mol. The molecule has 0 heterocycles. The molecule has 0 aromatic carbocycles. The first-order valence-corrected chi connectivity index (χ1v) is 9.78. The largest absolute Gasteiger partial charge is 0.481 e. The van der Waals surface area contributed by atoms with Gasteiger partial charge in [-0.2, -0.15) is 0 Å². The Balaban J connectivity index is 4.60. The van der Waals surface area contributed by atoms with Crippen LogP contribution in [0.25, 0.3) is 0 Å². The fraction of sp³-hybridized carbons (Fsp3) is 0.800. The topological polar surface area (TPSA) is 133 Å². The van der Waals surface area contributed by atoms with E-state index in [1.54, 1.807) is 0 Å². The first kappa shape index (κ1) is 25.9. The highest BCUT2D eigenvalue weighted by Crippen LogP contribution is 2.35. The molecule has 2 amide bonds. The number of rotatable bonds is 14. The quantitative estimate of drug-likeness (QED) is 0.354. The summed E-state index contributed by atoms with van der Waals surface area (Å²) in [6, 6.07) is -1.11. The second-order valence-corrected chi connectivity index (χ2v) is 8.92. The van der Waals surface area contributed by atoms with Gasteiger partial charge in [0.25, 0.3) is 0 Å². The van der Waals surface area contributed by atoms with E-state index < -0.39 is 23.4 Å². The summed E-state index contributed by atoms with van der Waals surface area (Å²) in [6.07, 6.45) is 2.31. The Hall–Kier alpha value is -2.12. The number of carbonyl (C=O) groups is 4. The van der Waals surface area contributed by atoms with E-state index in [-0.39, 0.29) is 42.9 Å². The molecule has 0 aliphatic carbocycles. The van der Waals surface area contributed by atoms with Crippen LogP contribution in [0.3, 0.4) is 0 Å². The maximum atomic E-state index is 12.3. The number of nitrogens with one attached hydrogen (secondary N) is 2. The van der Waals surface area contributed by atoms with Gasteiger partial charge in [0.1, 0.15) is 6.04 Å². The van der Waals surface area contributed by atoms with Gasteiger partial charge in [0, 0.05) is 19.4 Å². The predicted octanol–water partition coefficient (Wildman–Crippen LogP) is 2.56. The molecular formula is C20H36N2O6. The Kier molecular flexibility index (Phi) is 10.8. The zero-order valence-corrected chi connectivity index (χ0v) is 17.8. The Morgan fingerprint density at radius 2 is 1.43 bits per heavy atom. The number of carboxylic acids is 2. The van der Waals surface area contributed by atoms with E-state index >= 15 is 0 Å². The molecule has 0 aliphatic rings. The Bertz CT molecular complexity index is 557. The molecule has 0 rings (SSSR count). The molecule has 4 N–H and O–H groups in total. The zero-order valence-electron chi connectivity index (χ0n) is 17.8. The van der Waals surface area contributed by atoms with E-state index in [1.165, 1.54) is 0 Å². The van der Waals surface area contributed by atoms with Gasteiger partial charge in [-0.3, -0.25) is 14.4 Å². The summed E-state index contributed by atoms with van der Waals surface area (Å²) < 4.78 is 0. The zero-order chi connectivity index (χ0) is 22.0. The van der Waals surface area contributed by atoms with E-state index in [4.69, 9.17) is 5.11 Å². The third kappa shape index (κ3) is 12.3. The Morgan fingerprint density at radius 1 is 0.893 bits per heavy atom. The number of carboxylic acid groups (broad SMARTS) is 2. The van der Waals surface area contributed by atoms with Crippen LogP contribution >= 0.6 is 0 Å². The number of carbonyl (C=O) groups excluding carboxylic acids is 2. The third-order valence-electron chi connectivity index (χ3n) is 4.61. The van der Waals surface area contributed by atoms with Crippen molar-refractivity contribution in [2.45, 2.75) is 85.6 Å². The summed E-state index contributed by atoms with van der Waals surface area (Å²) in [5, 5.41) is 23.4. The fourth-order valence-electron chi connectivity index (χ4n) is 2.83. The van der Waals surface area contributed by atoms with Gasteiger partial charge in [-0.25, -0.2) is 4.79 Å². The molecule has 0 bridgehead atoms. The summed E-state index contributed by atoms with van der Waals surface area (Å²) in [7, 11) is 0. The maximum Gasteiger partial charge on any atom is 0.326 e. The van der Waals surface area contributed by atoms with Gasteiger partial charge >= 0.3 is 11.9 Å². The van der Waals surface area contributed by atoms with Crippen molar-refractivity contribution in [1.29, 1.82) is 0 Å². The smallest absolute Gasteiger partial charge is 0.326 e. The van der Waals surface area contributed by atoms with Crippen molar-refractivity contribution in [2.24, 2.45) is 10.8 Å². The molecule has 162 valence electrons. The first-order valence-electron chi connectivity index (χ1n) is 9.78. The lowest BCUT2D eigenvalue weighted by Gasteiger charge is -2.30. The fourth-order valence-corrected chi connectivity index (χ4v) is 2.83. The van der Waals surface area contributed by atoms with E-state index in [2.05, 4.69) is 10.6 Å². The lowest BCUT2D eigenvalue weighted by Crippen LogP contribution is -2.43. The number of aliphatic carboxylic acids is 2. The van der Waals surface area contributed by atoms with Crippen molar-refractivity contribution in [3.8, 4) is 0 Å². The molecule has 28 heavy (non-hydrogen) atoms. The molecule has 0 saturated carbocycles. The SMILES string of the molecule is CCCNC(=O)CCC(NC(=O)CC(C)(C)CCC(C)(C)CC(=O)O)C(=O)O. The average Bonchev–Trinajstić information content (AvgIpc) is 2.53. The second kappa shape index (κ2) is 11.7. The number of hydrogen-bond donors (Lipinski definition) is 4. The summed E-state index contributed by atoms with van der Waals surface area (Å²) in [5.41, 5.74) is -0.781. The molecule has 1 unspecified atom stereocenters. The number of amides is 2. The molecular weight excluding hydrogens is 364 g/mol. The summed E-state index contributed by atoms with van der Waals surface area (Å²) in [5.74, 6) is -2.64. The summed E-state index contributed by atoms with van der Waals surface area (Å²) >= 11 is 0. The highest BCUT2D eigenvalue weighted by Gasteiger charge is 2.29. The molecule has 8 nitrogen and oxygen atoms in total. The molecule has 0 aromatic rings. The van der Waals surface area contributed by atoms with E-state index in [0.29, 0.717) is 19.4 Å². The molecule has 0 fully saturated rings. The molecule has 0 aromatic heterocycles. The summed E-state index contributed by atoms with van der Waals surface area (Å²) in [4.78, 5) is 46.3. The molecule has 0 radical (unpaired) electrons. The lowest BCUT2D eigenvalue weighted by atomic mass is 9.76. The van der Waals surface area contributed by atoms with Crippen LogP contribution in [0.5, 0.6) is 0 Å². The number of hydrogen-bond acceptors (Lipinski definition) is 4. The van der Waals surface area contributed by atoms with Crippen LogP contribution < -0.4 is 10.6 Å². The van der Waals surface area contributed by atoms with E-state index in [1.807, 2.05) is 34.6 Å². The first-order chi connectivity index (χ1) is 12.8. The van der Waals surface area contributed by atoms with Crippen LogP contribution in [0, 0.1) is 10.8 Å². The normalized spacial score (nSPS) is 12.9. The van der Waals surface area contributed by atoms with E-state index in [9.17, 15) is 24.3 Å². The minimum Gasteiger partial charge on any atom is -0.481 e. The molecule has 0 saturated heterocycles. The van der Waals surface area contributed by atoms with Crippen molar-refractivity contribution >= 4 is 23.8 Å². The van der Waals surface area contributed by atoms with Crippen molar-refractivity contribution < 1.29 is 29.4 Å². The molecule has 8 heteroatoms. The van der Waals surface area contributed by atoms with Gasteiger partial charge < -0.3 is 20.8 Å².